The number of halogens is 1. The van der Waals surface area contributed by atoms with Crippen LogP contribution >= 0.6 is 23.4 Å². The zero-order chi connectivity index (χ0) is 19.7. The van der Waals surface area contributed by atoms with Crippen molar-refractivity contribution in [3.8, 4) is 5.69 Å². The first-order chi connectivity index (χ1) is 13.5. The molecule has 0 N–H and O–H groups in total. The first kappa shape index (κ1) is 18.6. The molecule has 6 heteroatoms. The first-order valence-electron chi connectivity index (χ1n) is 8.76. The molecule has 1 aliphatic rings. The van der Waals surface area contributed by atoms with Crippen LogP contribution in [-0.2, 0) is 11.3 Å². The van der Waals surface area contributed by atoms with Crippen LogP contribution in [0.1, 0.15) is 16.8 Å². The van der Waals surface area contributed by atoms with E-state index in [1.807, 2.05) is 67.7 Å². The minimum Gasteiger partial charge on any atom is -0.321 e. The van der Waals surface area contributed by atoms with Crippen molar-refractivity contribution in [2.75, 3.05) is 0 Å². The number of hydrogen-bond acceptors (Lipinski definition) is 3. The van der Waals surface area contributed by atoms with Gasteiger partial charge in [-0.25, -0.2) is 0 Å². The predicted octanol–water partition coefficient (Wildman–Crippen LogP) is 5.68. The molecule has 0 spiro atoms. The molecule has 140 valence electrons. The highest BCUT2D eigenvalue weighted by Gasteiger charge is 2.35. The fourth-order valence-corrected chi connectivity index (χ4v) is 4.16. The number of imide groups is 1. The fourth-order valence-electron chi connectivity index (χ4n) is 3.13. The number of thioether (sulfide) groups is 1. The Labute approximate surface area is 172 Å². The summed E-state index contributed by atoms with van der Waals surface area (Å²) < 4.78 is 2.06. The van der Waals surface area contributed by atoms with E-state index in [2.05, 4.69) is 4.57 Å². The minimum atomic E-state index is -0.292. The molecule has 4 nitrogen and oxygen atoms in total. The van der Waals surface area contributed by atoms with E-state index >= 15 is 0 Å². The number of rotatable bonds is 4. The van der Waals surface area contributed by atoms with E-state index in [4.69, 9.17) is 11.6 Å². The van der Waals surface area contributed by atoms with E-state index in [-0.39, 0.29) is 17.7 Å². The van der Waals surface area contributed by atoms with Crippen molar-refractivity contribution < 1.29 is 9.59 Å². The van der Waals surface area contributed by atoms with Gasteiger partial charge in [0.25, 0.3) is 11.1 Å². The maximum absolute atomic E-state index is 12.8. The predicted molar refractivity (Wildman–Crippen MR) is 113 cm³/mol. The van der Waals surface area contributed by atoms with Gasteiger partial charge in [-0.05, 0) is 60.2 Å². The monoisotopic (exact) mass is 408 g/mol. The maximum Gasteiger partial charge on any atom is 0.293 e. The topological polar surface area (TPSA) is 42.3 Å². The van der Waals surface area contributed by atoms with Crippen molar-refractivity contribution in [2.24, 2.45) is 0 Å². The van der Waals surface area contributed by atoms with Gasteiger partial charge in [0.2, 0.25) is 0 Å². The highest BCUT2D eigenvalue weighted by Crippen LogP contribution is 2.34. The van der Waals surface area contributed by atoms with E-state index < -0.39 is 0 Å². The summed E-state index contributed by atoms with van der Waals surface area (Å²) in [6, 6.07) is 19.2. The third kappa shape index (κ3) is 3.63. The summed E-state index contributed by atoms with van der Waals surface area (Å²) in [5.74, 6) is -0.292. The van der Waals surface area contributed by atoms with Gasteiger partial charge >= 0.3 is 0 Å². The maximum atomic E-state index is 12.8. The summed E-state index contributed by atoms with van der Waals surface area (Å²) in [5, 5.41) is 0.261. The summed E-state index contributed by atoms with van der Waals surface area (Å²) >= 11 is 7.13. The lowest BCUT2D eigenvalue weighted by molar-refractivity contribution is -0.123. The fraction of sp³-hybridized carbons (Fsp3) is 0.0909. The van der Waals surface area contributed by atoms with Crippen LogP contribution in [0.3, 0.4) is 0 Å². The van der Waals surface area contributed by atoms with Crippen LogP contribution in [0.5, 0.6) is 0 Å². The van der Waals surface area contributed by atoms with E-state index in [0.717, 1.165) is 34.3 Å². The standard InChI is InChI=1S/C22H17ClN2O2S/c1-15-11-16(13-24(15)18-8-3-2-4-9-18)12-20-21(26)25(22(27)28-20)14-17-7-5-6-10-19(17)23/h2-13H,14H2,1H3/b20-12+. The quantitative estimate of drug-likeness (QED) is 0.522. The van der Waals surface area contributed by atoms with Crippen LogP contribution in [-0.4, -0.2) is 20.6 Å². The molecule has 0 radical (unpaired) electrons. The van der Waals surface area contributed by atoms with Crippen molar-refractivity contribution in [2.45, 2.75) is 13.5 Å². The zero-order valence-corrected chi connectivity index (χ0v) is 16.7. The van der Waals surface area contributed by atoms with Crippen LogP contribution in [0.4, 0.5) is 4.79 Å². The molecular weight excluding hydrogens is 392 g/mol. The van der Waals surface area contributed by atoms with Crippen molar-refractivity contribution in [3.05, 3.63) is 93.6 Å². The molecule has 1 aliphatic heterocycles. The largest absolute Gasteiger partial charge is 0.321 e. The smallest absolute Gasteiger partial charge is 0.293 e. The van der Waals surface area contributed by atoms with E-state index in [0.29, 0.717) is 9.93 Å². The van der Waals surface area contributed by atoms with Gasteiger partial charge in [0.1, 0.15) is 0 Å². The van der Waals surface area contributed by atoms with E-state index in [1.165, 1.54) is 4.90 Å². The Morgan fingerprint density at radius 1 is 1.04 bits per heavy atom. The van der Waals surface area contributed by atoms with Crippen LogP contribution in [0.2, 0.25) is 5.02 Å². The first-order valence-corrected chi connectivity index (χ1v) is 9.95. The number of benzene rings is 2. The van der Waals surface area contributed by atoms with Gasteiger partial charge in [-0.2, -0.15) is 0 Å². The highest BCUT2D eigenvalue weighted by atomic mass is 35.5. The van der Waals surface area contributed by atoms with Gasteiger partial charge in [0.15, 0.2) is 0 Å². The molecule has 0 saturated carbocycles. The lowest BCUT2D eigenvalue weighted by Gasteiger charge is -2.13. The average molecular weight is 409 g/mol. The van der Waals surface area contributed by atoms with E-state index in [1.54, 1.807) is 12.1 Å². The Morgan fingerprint density at radius 2 is 1.75 bits per heavy atom. The molecule has 0 unspecified atom stereocenters. The molecule has 2 amide bonds. The van der Waals surface area contributed by atoms with Crippen LogP contribution in [0, 0.1) is 6.92 Å². The van der Waals surface area contributed by atoms with Gasteiger partial charge < -0.3 is 4.57 Å². The average Bonchev–Trinajstić information content (AvgIpc) is 3.18. The third-order valence-electron chi connectivity index (χ3n) is 4.53. The van der Waals surface area contributed by atoms with Gasteiger partial charge in [-0.15, -0.1) is 0 Å². The van der Waals surface area contributed by atoms with Crippen LogP contribution in [0.15, 0.2) is 71.8 Å². The second kappa shape index (κ2) is 7.70. The normalized spacial score (nSPS) is 15.6. The van der Waals surface area contributed by atoms with Gasteiger partial charge in [0, 0.05) is 22.6 Å². The second-order valence-electron chi connectivity index (χ2n) is 6.48. The molecule has 0 bridgehead atoms. The Hall–Kier alpha value is -2.76. The molecule has 1 saturated heterocycles. The van der Waals surface area contributed by atoms with Crippen molar-refractivity contribution >= 4 is 40.6 Å². The minimum absolute atomic E-state index is 0.172. The molecule has 2 aromatic carbocycles. The number of para-hydroxylation sites is 1. The molecule has 28 heavy (non-hydrogen) atoms. The lowest BCUT2D eigenvalue weighted by atomic mass is 10.2. The second-order valence-corrected chi connectivity index (χ2v) is 7.88. The summed E-state index contributed by atoms with van der Waals surface area (Å²) in [5.41, 5.74) is 3.72. The molecule has 1 fully saturated rings. The third-order valence-corrected chi connectivity index (χ3v) is 5.80. The lowest BCUT2D eigenvalue weighted by Crippen LogP contribution is -2.27. The van der Waals surface area contributed by atoms with Gasteiger partial charge in [-0.3, -0.25) is 14.5 Å². The van der Waals surface area contributed by atoms with Gasteiger partial charge in [-0.1, -0.05) is 48.0 Å². The molecule has 1 aromatic heterocycles. The molecule has 4 rings (SSSR count). The number of carbonyl (C=O) groups excluding carboxylic acids is 2. The number of amides is 2. The van der Waals surface area contributed by atoms with Crippen molar-refractivity contribution in [3.63, 3.8) is 0 Å². The molecule has 3 aromatic rings. The summed E-state index contributed by atoms with van der Waals surface area (Å²) in [4.78, 5) is 26.8. The highest BCUT2D eigenvalue weighted by molar-refractivity contribution is 8.18. The number of hydrogen-bond donors (Lipinski definition) is 0. The molecular formula is C22H17ClN2O2S. The van der Waals surface area contributed by atoms with E-state index in [9.17, 15) is 9.59 Å². The Kier molecular flexibility index (Phi) is 5.11. The Bertz CT molecular complexity index is 1090. The van der Waals surface area contributed by atoms with Crippen LogP contribution in [0.25, 0.3) is 11.8 Å². The summed E-state index contributed by atoms with van der Waals surface area (Å²) in [6.45, 7) is 2.18. The Morgan fingerprint density at radius 3 is 2.50 bits per heavy atom. The zero-order valence-electron chi connectivity index (χ0n) is 15.1. The molecule has 0 aliphatic carbocycles. The number of aromatic nitrogens is 1. The van der Waals surface area contributed by atoms with Crippen LogP contribution < -0.4 is 0 Å². The number of carbonyl (C=O) groups is 2. The Balaban J connectivity index is 1.59. The summed E-state index contributed by atoms with van der Waals surface area (Å²) in [7, 11) is 0. The van der Waals surface area contributed by atoms with Crippen molar-refractivity contribution in [1.29, 1.82) is 0 Å². The number of aryl methyl sites for hydroxylation is 1. The number of nitrogens with zero attached hydrogens (tertiary/aromatic N) is 2. The molecule has 2 heterocycles. The SMILES string of the molecule is Cc1cc(/C=C2/SC(=O)N(Cc3ccccc3Cl)C2=O)cn1-c1ccccc1. The van der Waals surface area contributed by atoms with Gasteiger partial charge in [0.05, 0.1) is 11.4 Å². The summed E-state index contributed by atoms with van der Waals surface area (Å²) in [6.07, 6.45) is 3.73. The van der Waals surface area contributed by atoms with Crippen molar-refractivity contribution in [1.82, 2.24) is 9.47 Å². The molecule has 0 atom stereocenters.